The first-order valence-corrected chi connectivity index (χ1v) is 22.4. The summed E-state index contributed by atoms with van der Waals surface area (Å²) in [6.45, 7) is 4.03. The molecule has 6 nitrogen and oxygen atoms in total. The lowest BCUT2D eigenvalue weighted by Gasteiger charge is -2.27. The first-order valence-electron chi connectivity index (χ1n) is 22.4. The Morgan fingerprint density at radius 1 is 0.462 bits per heavy atom. The zero-order valence-corrected chi connectivity index (χ0v) is 34.3. The molecule has 0 radical (unpaired) electrons. The van der Waals surface area contributed by atoms with Crippen LogP contribution in [0.15, 0.2) is 36.5 Å². The third-order valence-electron chi connectivity index (χ3n) is 10.3. The minimum atomic E-state index is -1.29. The van der Waals surface area contributed by atoms with Crippen molar-refractivity contribution in [3.8, 4) is 0 Å². The van der Waals surface area contributed by atoms with Crippen LogP contribution in [0.3, 0.4) is 0 Å². The molecule has 4 unspecified atom stereocenters. The Balaban J connectivity index is 3.81. The molecule has 0 fully saturated rings. The summed E-state index contributed by atoms with van der Waals surface area (Å²) in [5, 5.41) is 43.6. The lowest BCUT2D eigenvalue weighted by atomic mass is 10.00. The molecular formula is C46H87NO5. The van der Waals surface area contributed by atoms with Crippen LogP contribution in [-0.2, 0) is 4.79 Å². The second-order valence-electron chi connectivity index (χ2n) is 15.4. The van der Waals surface area contributed by atoms with Gasteiger partial charge >= 0.3 is 0 Å². The molecule has 0 saturated carbocycles. The first kappa shape index (κ1) is 50.5. The molecule has 0 rings (SSSR count). The lowest BCUT2D eigenvalue weighted by Crippen LogP contribution is -2.53. The summed E-state index contributed by atoms with van der Waals surface area (Å²) >= 11 is 0. The van der Waals surface area contributed by atoms with Crippen LogP contribution in [-0.4, -0.2) is 57.3 Å². The number of hydrogen-bond acceptors (Lipinski definition) is 5. The molecule has 0 aromatic carbocycles. The maximum atomic E-state index is 12.5. The van der Waals surface area contributed by atoms with Crippen LogP contribution in [0.5, 0.6) is 0 Å². The van der Waals surface area contributed by atoms with Gasteiger partial charge in [0.2, 0.25) is 5.91 Å². The molecule has 0 heterocycles. The Hall–Kier alpha value is -1.47. The number of hydrogen-bond donors (Lipinski definition) is 5. The summed E-state index contributed by atoms with van der Waals surface area (Å²) < 4.78 is 0. The van der Waals surface area contributed by atoms with E-state index >= 15 is 0 Å². The predicted octanol–water partition coefficient (Wildman–Crippen LogP) is 11.7. The van der Waals surface area contributed by atoms with Crippen molar-refractivity contribution >= 4 is 5.91 Å². The van der Waals surface area contributed by atoms with Crippen LogP contribution in [0.4, 0.5) is 0 Å². The molecule has 0 saturated heterocycles. The number of nitrogens with one attached hydrogen (secondary N) is 1. The Labute approximate surface area is 322 Å². The second-order valence-corrected chi connectivity index (χ2v) is 15.4. The molecule has 5 N–H and O–H groups in total. The Morgan fingerprint density at radius 2 is 0.808 bits per heavy atom. The highest BCUT2D eigenvalue weighted by atomic mass is 16.3. The van der Waals surface area contributed by atoms with Gasteiger partial charge in [-0.25, -0.2) is 0 Å². The number of aliphatic hydroxyl groups is 4. The van der Waals surface area contributed by atoms with Gasteiger partial charge in [-0.05, 0) is 64.2 Å². The number of carbonyl (C=O) groups excluding carboxylic acids is 1. The molecule has 0 aliphatic heterocycles. The van der Waals surface area contributed by atoms with E-state index in [1.807, 2.05) is 0 Å². The van der Waals surface area contributed by atoms with Crippen LogP contribution in [0.2, 0.25) is 0 Å². The topological polar surface area (TPSA) is 110 Å². The highest BCUT2D eigenvalue weighted by Gasteiger charge is 2.28. The third-order valence-corrected chi connectivity index (χ3v) is 10.3. The van der Waals surface area contributed by atoms with Crippen molar-refractivity contribution in [1.82, 2.24) is 5.32 Å². The van der Waals surface area contributed by atoms with Gasteiger partial charge < -0.3 is 25.7 Å². The predicted molar refractivity (Wildman–Crippen MR) is 224 cm³/mol. The fraction of sp³-hybridized carbons (Fsp3) is 0.848. The van der Waals surface area contributed by atoms with Crippen molar-refractivity contribution < 1.29 is 25.2 Å². The van der Waals surface area contributed by atoms with E-state index in [9.17, 15) is 25.2 Å². The van der Waals surface area contributed by atoms with Crippen LogP contribution in [0.25, 0.3) is 0 Å². The van der Waals surface area contributed by atoms with Gasteiger partial charge in [0.15, 0.2) is 0 Å². The van der Waals surface area contributed by atoms with Crippen molar-refractivity contribution in [2.24, 2.45) is 0 Å². The van der Waals surface area contributed by atoms with E-state index in [4.69, 9.17) is 0 Å². The van der Waals surface area contributed by atoms with Crippen molar-refractivity contribution in [2.45, 2.75) is 244 Å². The Bertz CT molecular complexity index is 828. The Kier molecular flexibility index (Phi) is 39.6. The largest absolute Gasteiger partial charge is 0.394 e. The fourth-order valence-electron chi connectivity index (χ4n) is 6.73. The minimum absolute atomic E-state index is 0.360. The summed E-state index contributed by atoms with van der Waals surface area (Å²) in [4.78, 5) is 12.5. The molecule has 0 spiro atoms. The normalized spacial score (nSPS) is 14.5. The monoisotopic (exact) mass is 734 g/mol. The van der Waals surface area contributed by atoms with Crippen LogP contribution >= 0.6 is 0 Å². The van der Waals surface area contributed by atoms with Crippen molar-refractivity contribution in [1.29, 1.82) is 0 Å². The average Bonchev–Trinajstić information content (AvgIpc) is 3.15. The average molecular weight is 734 g/mol. The van der Waals surface area contributed by atoms with E-state index in [1.165, 1.54) is 135 Å². The highest BCUT2D eigenvalue weighted by Crippen LogP contribution is 2.15. The minimum Gasteiger partial charge on any atom is -0.394 e. The second kappa shape index (κ2) is 40.7. The molecular weight excluding hydrogens is 647 g/mol. The van der Waals surface area contributed by atoms with E-state index < -0.39 is 36.9 Å². The number of unbranched alkanes of at least 4 members (excludes halogenated alkanes) is 25. The van der Waals surface area contributed by atoms with E-state index in [-0.39, 0.29) is 0 Å². The van der Waals surface area contributed by atoms with Crippen molar-refractivity contribution in [3.05, 3.63) is 36.5 Å². The smallest absolute Gasteiger partial charge is 0.249 e. The quantitative estimate of drug-likeness (QED) is 0.0318. The number of rotatable bonds is 40. The SMILES string of the molecule is CCCCCCCCCCCC/C=C/CC/C=C/CC/C=C/CCCC(O)C(O)C(CO)NC(=O)C(O)CCCCCCCCCCCCCCC. The molecule has 306 valence electrons. The van der Waals surface area contributed by atoms with Crippen LogP contribution < -0.4 is 5.32 Å². The number of aliphatic hydroxyl groups excluding tert-OH is 4. The Morgan fingerprint density at radius 3 is 1.21 bits per heavy atom. The van der Waals surface area contributed by atoms with E-state index in [0.29, 0.717) is 19.3 Å². The summed E-state index contributed by atoms with van der Waals surface area (Å²) in [7, 11) is 0. The maximum absolute atomic E-state index is 12.5. The molecule has 0 aromatic heterocycles. The van der Waals surface area contributed by atoms with Gasteiger partial charge in [0.05, 0.1) is 18.8 Å². The molecule has 52 heavy (non-hydrogen) atoms. The summed E-state index contributed by atoms with van der Waals surface area (Å²) in [5.74, 6) is -0.600. The van der Waals surface area contributed by atoms with Gasteiger partial charge in [-0.15, -0.1) is 0 Å². The van der Waals surface area contributed by atoms with Crippen LogP contribution in [0, 0.1) is 0 Å². The summed E-state index contributed by atoms with van der Waals surface area (Å²) in [6.07, 6.45) is 47.5. The van der Waals surface area contributed by atoms with Crippen LogP contribution in [0.1, 0.15) is 219 Å². The maximum Gasteiger partial charge on any atom is 0.249 e. The molecule has 0 aliphatic rings. The van der Waals surface area contributed by atoms with E-state index in [2.05, 4.69) is 55.6 Å². The number of allylic oxidation sites excluding steroid dienone is 6. The lowest BCUT2D eigenvalue weighted by molar-refractivity contribution is -0.132. The fourth-order valence-corrected chi connectivity index (χ4v) is 6.73. The van der Waals surface area contributed by atoms with Gasteiger partial charge in [0.1, 0.15) is 12.2 Å². The molecule has 0 bridgehead atoms. The zero-order chi connectivity index (χ0) is 38.2. The van der Waals surface area contributed by atoms with Crippen molar-refractivity contribution in [3.63, 3.8) is 0 Å². The first-order chi connectivity index (χ1) is 25.5. The molecule has 6 heteroatoms. The third kappa shape index (κ3) is 34.3. The highest BCUT2D eigenvalue weighted by molar-refractivity contribution is 5.80. The zero-order valence-electron chi connectivity index (χ0n) is 34.3. The van der Waals surface area contributed by atoms with Gasteiger partial charge in [-0.1, -0.05) is 192 Å². The van der Waals surface area contributed by atoms with Crippen molar-refractivity contribution in [2.75, 3.05) is 6.61 Å². The van der Waals surface area contributed by atoms with Gasteiger partial charge in [0.25, 0.3) is 0 Å². The van der Waals surface area contributed by atoms with E-state index in [0.717, 1.165) is 51.4 Å². The van der Waals surface area contributed by atoms with Gasteiger partial charge in [-0.2, -0.15) is 0 Å². The van der Waals surface area contributed by atoms with Gasteiger partial charge in [0, 0.05) is 0 Å². The summed E-state index contributed by atoms with van der Waals surface area (Å²) in [5.41, 5.74) is 0. The van der Waals surface area contributed by atoms with E-state index in [1.54, 1.807) is 0 Å². The molecule has 0 aliphatic carbocycles. The molecule has 0 aromatic rings. The molecule has 4 atom stereocenters. The van der Waals surface area contributed by atoms with Gasteiger partial charge in [-0.3, -0.25) is 4.79 Å². The standard InChI is InChI=1S/C46H87NO5/c1-3-5-7-9-11-13-15-17-18-19-20-21-22-23-24-25-26-28-29-31-33-35-37-39-43(49)45(51)42(41-48)47-46(52)44(50)40-38-36-34-32-30-27-16-14-12-10-8-6-4-2/h21-22,25-26,31,33,42-45,48-51H,3-20,23-24,27-30,32,34-41H2,1-2H3,(H,47,52)/b22-21+,26-25+,33-31+. The summed E-state index contributed by atoms with van der Waals surface area (Å²) in [6, 6.07) is -1.01. The molecule has 1 amide bonds. The number of carbonyl (C=O) groups is 1. The number of amides is 1.